The molecule has 0 atom stereocenters. The fourth-order valence-electron chi connectivity index (χ4n) is 2.67. The predicted molar refractivity (Wildman–Crippen MR) is 84.5 cm³/mol. The van der Waals surface area contributed by atoms with Gasteiger partial charge in [0.05, 0.1) is 26.1 Å². The van der Waals surface area contributed by atoms with E-state index in [1.807, 2.05) is 12.1 Å². The van der Waals surface area contributed by atoms with E-state index in [2.05, 4.69) is 4.90 Å². The lowest BCUT2D eigenvalue weighted by Gasteiger charge is -2.26. The molecule has 1 fully saturated rings. The second-order valence-corrected chi connectivity index (χ2v) is 5.42. The van der Waals surface area contributed by atoms with Crippen LogP contribution in [0, 0.1) is 0 Å². The summed E-state index contributed by atoms with van der Waals surface area (Å²) in [6.07, 6.45) is 3.46. The molecule has 1 saturated heterocycles. The summed E-state index contributed by atoms with van der Waals surface area (Å²) in [5.74, 6) is 0.609. The quantitative estimate of drug-likeness (QED) is 0.766. The first-order valence-electron chi connectivity index (χ1n) is 7.78. The number of fused-ring (bicyclic) bond motifs is 1. The second-order valence-electron chi connectivity index (χ2n) is 5.42. The second kappa shape index (κ2) is 7.42. The first-order chi connectivity index (χ1) is 10.8. The molecule has 22 heavy (non-hydrogen) atoms. The highest BCUT2D eigenvalue weighted by Crippen LogP contribution is 2.22. The zero-order valence-electron chi connectivity index (χ0n) is 12.6. The largest absolute Gasteiger partial charge is 0.493 e. The maximum atomic E-state index is 11.9. The summed E-state index contributed by atoms with van der Waals surface area (Å²) in [5, 5.41) is 0.526. The molecule has 1 aliphatic rings. The van der Waals surface area contributed by atoms with Crippen molar-refractivity contribution in [3.63, 3.8) is 0 Å². The Morgan fingerprint density at radius 2 is 2.00 bits per heavy atom. The van der Waals surface area contributed by atoms with Crippen LogP contribution in [0.2, 0.25) is 0 Å². The number of unbranched alkanes of at least 4 members (excludes halogenated alkanes) is 1. The van der Waals surface area contributed by atoms with Crippen LogP contribution >= 0.6 is 0 Å². The molecule has 1 aromatic carbocycles. The minimum Gasteiger partial charge on any atom is -0.493 e. The molecule has 0 amide bonds. The third-order valence-electron chi connectivity index (χ3n) is 3.88. The smallest absolute Gasteiger partial charge is 0.196 e. The Hall–Kier alpha value is -1.85. The monoisotopic (exact) mass is 303 g/mol. The molecular weight excluding hydrogens is 282 g/mol. The summed E-state index contributed by atoms with van der Waals surface area (Å²) in [4.78, 5) is 14.3. The highest BCUT2D eigenvalue weighted by atomic mass is 16.5. The topological polar surface area (TPSA) is 51.9 Å². The maximum Gasteiger partial charge on any atom is 0.196 e. The van der Waals surface area contributed by atoms with E-state index in [4.69, 9.17) is 13.9 Å². The molecule has 0 radical (unpaired) electrons. The van der Waals surface area contributed by atoms with Crippen LogP contribution in [-0.2, 0) is 4.74 Å². The minimum atomic E-state index is -0.0647. The molecule has 0 saturated carbocycles. The van der Waals surface area contributed by atoms with E-state index in [1.165, 1.54) is 12.3 Å². The maximum absolute atomic E-state index is 11.9. The summed E-state index contributed by atoms with van der Waals surface area (Å²) in [7, 11) is 0. The first-order valence-corrected chi connectivity index (χ1v) is 7.78. The number of hydrogen-bond acceptors (Lipinski definition) is 5. The third-order valence-corrected chi connectivity index (χ3v) is 3.88. The predicted octanol–water partition coefficient (Wildman–Crippen LogP) is 2.28. The van der Waals surface area contributed by atoms with Crippen molar-refractivity contribution in [1.29, 1.82) is 0 Å². The zero-order valence-corrected chi connectivity index (χ0v) is 12.6. The van der Waals surface area contributed by atoms with Crippen LogP contribution in [0.3, 0.4) is 0 Å². The number of morpholine rings is 1. The summed E-state index contributed by atoms with van der Waals surface area (Å²) >= 11 is 0. The molecule has 5 heteroatoms. The van der Waals surface area contributed by atoms with E-state index in [9.17, 15) is 4.79 Å². The van der Waals surface area contributed by atoms with Gasteiger partial charge in [-0.05, 0) is 31.5 Å². The van der Waals surface area contributed by atoms with E-state index in [0.717, 1.165) is 45.7 Å². The van der Waals surface area contributed by atoms with Crippen LogP contribution in [0.15, 0.2) is 39.7 Å². The van der Waals surface area contributed by atoms with Gasteiger partial charge in [0.15, 0.2) is 5.43 Å². The van der Waals surface area contributed by atoms with Gasteiger partial charge < -0.3 is 13.9 Å². The van der Waals surface area contributed by atoms with Crippen molar-refractivity contribution < 1.29 is 13.9 Å². The summed E-state index contributed by atoms with van der Waals surface area (Å²) in [6, 6.07) is 6.87. The molecule has 0 aliphatic carbocycles. The number of rotatable bonds is 6. The normalized spacial score (nSPS) is 16.0. The zero-order chi connectivity index (χ0) is 15.2. The Balaban J connectivity index is 1.50. The fraction of sp³-hybridized carbons (Fsp3) is 0.471. The molecular formula is C17H21NO4. The molecule has 1 aliphatic heterocycles. The van der Waals surface area contributed by atoms with Gasteiger partial charge in [0.1, 0.15) is 16.7 Å². The van der Waals surface area contributed by atoms with Gasteiger partial charge in [-0.3, -0.25) is 9.69 Å². The van der Waals surface area contributed by atoms with Gasteiger partial charge in [-0.25, -0.2) is 0 Å². The Morgan fingerprint density at radius 1 is 1.14 bits per heavy atom. The Kier molecular flexibility index (Phi) is 5.08. The van der Waals surface area contributed by atoms with Crippen molar-refractivity contribution in [1.82, 2.24) is 4.90 Å². The van der Waals surface area contributed by atoms with Crippen LogP contribution in [0.5, 0.6) is 5.75 Å². The van der Waals surface area contributed by atoms with Crippen molar-refractivity contribution >= 4 is 11.0 Å². The van der Waals surface area contributed by atoms with E-state index in [-0.39, 0.29) is 5.43 Å². The van der Waals surface area contributed by atoms with Crippen LogP contribution in [0.1, 0.15) is 12.8 Å². The third kappa shape index (κ3) is 3.67. The summed E-state index contributed by atoms with van der Waals surface area (Å²) in [6.45, 7) is 5.39. The SMILES string of the molecule is O=c1ccoc2cccc(OCCCCN3CCOCC3)c12. The summed E-state index contributed by atoms with van der Waals surface area (Å²) in [5.41, 5.74) is 0.503. The molecule has 0 spiro atoms. The highest BCUT2D eigenvalue weighted by molar-refractivity contribution is 5.82. The molecule has 3 rings (SSSR count). The number of nitrogens with zero attached hydrogens (tertiary/aromatic N) is 1. The van der Waals surface area contributed by atoms with Crippen molar-refractivity contribution in [2.75, 3.05) is 39.5 Å². The Morgan fingerprint density at radius 3 is 2.86 bits per heavy atom. The lowest BCUT2D eigenvalue weighted by molar-refractivity contribution is 0.0368. The molecule has 2 aromatic rings. The van der Waals surface area contributed by atoms with Crippen molar-refractivity contribution in [2.45, 2.75) is 12.8 Å². The van der Waals surface area contributed by atoms with Crippen LogP contribution < -0.4 is 10.2 Å². The molecule has 0 unspecified atom stereocenters. The van der Waals surface area contributed by atoms with Gasteiger partial charge in [0, 0.05) is 19.2 Å². The number of ether oxygens (including phenoxy) is 2. The number of benzene rings is 1. The molecule has 5 nitrogen and oxygen atoms in total. The van der Waals surface area contributed by atoms with Gasteiger partial charge in [-0.15, -0.1) is 0 Å². The van der Waals surface area contributed by atoms with Crippen molar-refractivity contribution in [3.8, 4) is 5.75 Å². The fourth-order valence-corrected chi connectivity index (χ4v) is 2.67. The van der Waals surface area contributed by atoms with Crippen molar-refractivity contribution in [2.24, 2.45) is 0 Å². The van der Waals surface area contributed by atoms with E-state index < -0.39 is 0 Å². The molecule has 2 heterocycles. The highest BCUT2D eigenvalue weighted by Gasteiger charge is 2.10. The summed E-state index contributed by atoms with van der Waals surface area (Å²) < 4.78 is 16.5. The van der Waals surface area contributed by atoms with Crippen molar-refractivity contribution in [3.05, 3.63) is 40.8 Å². The van der Waals surface area contributed by atoms with Crippen LogP contribution in [-0.4, -0.2) is 44.4 Å². The van der Waals surface area contributed by atoms with Gasteiger partial charge in [-0.2, -0.15) is 0 Å². The van der Waals surface area contributed by atoms with Gasteiger partial charge in [0.25, 0.3) is 0 Å². The molecule has 118 valence electrons. The van der Waals surface area contributed by atoms with Gasteiger partial charge >= 0.3 is 0 Å². The Labute approximate surface area is 129 Å². The minimum absolute atomic E-state index is 0.0647. The lowest BCUT2D eigenvalue weighted by Crippen LogP contribution is -2.36. The number of hydrogen-bond donors (Lipinski definition) is 0. The average Bonchev–Trinajstić information content (AvgIpc) is 2.56. The van der Waals surface area contributed by atoms with Crippen LogP contribution in [0.4, 0.5) is 0 Å². The average molecular weight is 303 g/mol. The standard InChI is InChI=1S/C17H21NO4/c19-14-6-11-22-16-5-3-4-15(17(14)16)21-10-2-1-7-18-8-12-20-13-9-18/h3-6,11H,1-2,7-10,12-13H2. The Bertz CT molecular complexity index is 656. The van der Waals surface area contributed by atoms with E-state index >= 15 is 0 Å². The van der Waals surface area contributed by atoms with Gasteiger partial charge in [-0.1, -0.05) is 6.07 Å². The molecule has 0 bridgehead atoms. The molecule has 0 N–H and O–H groups in total. The van der Waals surface area contributed by atoms with E-state index in [0.29, 0.717) is 23.3 Å². The lowest BCUT2D eigenvalue weighted by atomic mass is 10.2. The molecule has 1 aromatic heterocycles. The van der Waals surface area contributed by atoms with E-state index in [1.54, 1.807) is 6.07 Å². The van der Waals surface area contributed by atoms with Gasteiger partial charge in [0.2, 0.25) is 0 Å². The van der Waals surface area contributed by atoms with Crippen LogP contribution in [0.25, 0.3) is 11.0 Å². The first kappa shape index (κ1) is 15.1.